The van der Waals surface area contributed by atoms with Crippen molar-refractivity contribution in [1.29, 1.82) is 0 Å². The molecule has 0 aliphatic heterocycles. The van der Waals surface area contributed by atoms with Gasteiger partial charge in [0.2, 0.25) is 0 Å². The highest BCUT2D eigenvalue weighted by Gasteiger charge is 2.35. The maximum Gasteiger partial charge on any atom is 0.303 e. The van der Waals surface area contributed by atoms with Crippen molar-refractivity contribution in [3.8, 4) is 11.5 Å². The molecule has 1 atom stereocenters. The molecule has 2 aromatic carbocycles. The van der Waals surface area contributed by atoms with Gasteiger partial charge in [-0.2, -0.15) is 0 Å². The maximum absolute atomic E-state index is 14.7. The Bertz CT molecular complexity index is 1020. The second-order valence-electron chi connectivity index (χ2n) is 8.23. The van der Waals surface area contributed by atoms with Gasteiger partial charge in [0.15, 0.2) is 0 Å². The highest BCUT2D eigenvalue weighted by atomic mass is 19.1. The molecule has 1 saturated carbocycles. The van der Waals surface area contributed by atoms with Crippen molar-refractivity contribution in [2.24, 2.45) is 11.8 Å². The molecule has 5 heteroatoms. The van der Waals surface area contributed by atoms with Crippen molar-refractivity contribution in [2.75, 3.05) is 13.7 Å². The lowest BCUT2D eigenvalue weighted by molar-refractivity contribution is -0.136. The van der Waals surface area contributed by atoms with E-state index in [0.29, 0.717) is 41.9 Å². The second-order valence-corrected chi connectivity index (χ2v) is 8.23. The Labute approximate surface area is 182 Å². The van der Waals surface area contributed by atoms with Crippen LogP contribution in [0.15, 0.2) is 60.2 Å². The molecule has 0 spiro atoms. The van der Waals surface area contributed by atoms with E-state index in [0.717, 1.165) is 23.1 Å². The van der Waals surface area contributed by atoms with Crippen molar-refractivity contribution >= 4 is 11.5 Å². The molecule has 0 aromatic heterocycles. The summed E-state index contributed by atoms with van der Waals surface area (Å²) in [6, 6.07) is 12.4. The summed E-state index contributed by atoms with van der Waals surface area (Å²) in [6.45, 7) is 0.384. The van der Waals surface area contributed by atoms with Crippen LogP contribution in [-0.4, -0.2) is 24.8 Å². The number of carboxylic acids is 1. The van der Waals surface area contributed by atoms with Gasteiger partial charge >= 0.3 is 5.97 Å². The minimum atomic E-state index is -0.814. The molecule has 2 aliphatic carbocycles. The number of aryl methyl sites for hydroxylation is 1. The predicted molar refractivity (Wildman–Crippen MR) is 118 cm³/mol. The van der Waals surface area contributed by atoms with Crippen LogP contribution in [0.4, 0.5) is 4.39 Å². The average molecular weight is 422 g/mol. The number of rotatable bonds is 9. The number of hydrogen-bond acceptors (Lipinski definition) is 3. The smallest absolute Gasteiger partial charge is 0.303 e. The van der Waals surface area contributed by atoms with Gasteiger partial charge in [0.25, 0.3) is 0 Å². The number of allylic oxidation sites excluding steroid dienone is 2. The Hall–Kier alpha value is -3.08. The summed E-state index contributed by atoms with van der Waals surface area (Å²) in [5, 5.41) is 8.87. The zero-order chi connectivity index (χ0) is 21.8. The van der Waals surface area contributed by atoms with Crippen LogP contribution in [0.5, 0.6) is 11.5 Å². The van der Waals surface area contributed by atoms with Gasteiger partial charge in [0, 0.05) is 12.0 Å². The van der Waals surface area contributed by atoms with E-state index in [4.69, 9.17) is 14.6 Å². The van der Waals surface area contributed by atoms with Crippen molar-refractivity contribution in [3.05, 3.63) is 77.1 Å². The molecule has 2 aliphatic rings. The average Bonchev–Trinajstić information content (AvgIpc) is 3.62. The summed E-state index contributed by atoms with van der Waals surface area (Å²) in [4.78, 5) is 10.8. The summed E-state index contributed by atoms with van der Waals surface area (Å²) >= 11 is 0. The molecule has 4 rings (SSSR count). The number of halogens is 1. The molecular formula is C26H27FO4. The molecule has 0 bridgehead atoms. The fraction of sp³-hybridized carbons (Fsp3) is 0.346. The molecule has 0 amide bonds. The Morgan fingerprint density at radius 3 is 2.74 bits per heavy atom. The van der Waals surface area contributed by atoms with Crippen molar-refractivity contribution < 1.29 is 23.8 Å². The van der Waals surface area contributed by atoms with E-state index in [1.807, 2.05) is 24.3 Å². The van der Waals surface area contributed by atoms with Crippen LogP contribution in [0, 0.1) is 17.7 Å². The molecule has 1 N–H and O–H groups in total. The van der Waals surface area contributed by atoms with Crippen LogP contribution in [0.25, 0.3) is 5.57 Å². The van der Waals surface area contributed by atoms with Gasteiger partial charge in [-0.1, -0.05) is 24.3 Å². The minimum absolute atomic E-state index is 0.0926. The van der Waals surface area contributed by atoms with Gasteiger partial charge in [0.05, 0.1) is 7.11 Å². The van der Waals surface area contributed by atoms with Crippen molar-refractivity contribution in [3.63, 3.8) is 0 Å². The van der Waals surface area contributed by atoms with Gasteiger partial charge in [-0.15, -0.1) is 0 Å². The standard InChI is InChI=1S/C26H27FO4/c1-30-20-9-11-25(27)24(15-20)23-14-18(5-10-22(23)19-7-8-19)16-31-21-4-2-3-17(13-21)6-12-26(28)29/h2-5,9,11,13-15,19,22H,6-8,10,12,16H2,1H3,(H,28,29). The van der Waals surface area contributed by atoms with Gasteiger partial charge in [-0.25, -0.2) is 4.39 Å². The lowest BCUT2D eigenvalue weighted by atomic mass is 9.81. The molecule has 0 saturated heterocycles. The first-order valence-electron chi connectivity index (χ1n) is 10.7. The molecule has 0 heterocycles. The van der Waals surface area contributed by atoms with Crippen molar-refractivity contribution in [2.45, 2.75) is 32.1 Å². The third kappa shape index (κ3) is 5.35. The van der Waals surface area contributed by atoms with Crippen LogP contribution in [0.2, 0.25) is 0 Å². The molecule has 1 unspecified atom stereocenters. The normalized spacial score (nSPS) is 18.2. The van der Waals surface area contributed by atoms with E-state index in [2.05, 4.69) is 12.2 Å². The van der Waals surface area contributed by atoms with E-state index in [1.54, 1.807) is 19.2 Å². The van der Waals surface area contributed by atoms with Crippen LogP contribution in [0.1, 0.15) is 36.8 Å². The molecular weight excluding hydrogens is 395 g/mol. The number of carbonyl (C=O) groups is 1. The summed E-state index contributed by atoms with van der Waals surface area (Å²) in [5.41, 5.74) is 3.58. The summed E-state index contributed by atoms with van der Waals surface area (Å²) in [7, 11) is 1.59. The summed E-state index contributed by atoms with van der Waals surface area (Å²) in [6.07, 6.45) is 8.08. The number of hydrogen-bond donors (Lipinski definition) is 1. The summed E-state index contributed by atoms with van der Waals surface area (Å²) < 4.78 is 26.0. The number of aliphatic carboxylic acids is 1. The zero-order valence-electron chi connectivity index (χ0n) is 17.6. The van der Waals surface area contributed by atoms with E-state index in [1.165, 1.54) is 18.9 Å². The third-order valence-electron chi connectivity index (χ3n) is 5.98. The van der Waals surface area contributed by atoms with Crippen LogP contribution < -0.4 is 9.47 Å². The fourth-order valence-corrected chi connectivity index (χ4v) is 4.16. The lowest BCUT2D eigenvalue weighted by Gasteiger charge is -2.25. The van der Waals surface area contributed by atoms with Crippen LogP contribution in [-0.2, 0) is 11.2 Å². The second kappa shape index (κ2) is 9.38. The van der Waals surface area contributed by atoms with E-state index in [-0.39, 0.29) is 12.2 Å². The topological polar surface area (TPSA) is 55.8 Å². The van der Waals surface area contributed by atoms with Gasteiger partial charge in [0.1, 0.15) is 23.9 Å². The SMILES string of the molecule is COc1ccc(F)c(C2=CC(COc3cccc(CCC(=O)O)c3)=CCC2C2CC2)c1. The largest absolute Gasteiger partial charge is 0.497 e. The van der Waals surface area contributed by atoms with Gasteiger partial charge < -0.3 is 14.6 Å². The Morgan fingerprint density at radius 2 is 2.00 bits per heavy atom. The van der Waals surface area contributed by atoms with Crippen molar-refractivity contribution in [1.82, 2.24) is 0 Å². The molecule has 1 fully saturated rings. The highest BCUT2D eigenvalue weighted by molar-refractivity contribution is 5.73. The molecule has 31 heavy (non-hydrogen) atoms. The molecule has 2 aromatic rings. The molecule has 0 radical (unpaired) electrons. The first-order valence-corrected chi connectivity index (χ1v) is 10.7. The predicted octanol–water partition coefficient (Wildman–Crippen LogP) is 5.67. The number of methoxy groups -OCH3 is 1. The number of benzene rings is 2. The fourth-order valence-electron chi connectivity index (χ4n) is 4.16. The first kappa shape index (κ1) is 21.2. The van der Waals surface area contributed by atoms with Crippen LogP contribution in [0.3, 0.4) is 0 Å². The van der Waals surface area contributed by atoms with E-state index in [9.17, 15) is 9.18 Å². The van der Waals surface area contributed by atoms with Gasteiger partial charge in [-0.05, 0) is 84.6 Å². The third-order valence-corrected chi connectivity index (χ3v) is 5.98. The van der Waals surface area contributed by atoms with Crippen LogP contribution >= 0.6 is 0 Å². The minimum Gasteiger partial charge on any atom is -0.497 e. The Kier molecular flexibility index (Phi) is 6.40. The molecule has 162 valence electrons. The molecule has 4 nitrogen and oxygen atoms in total. The maximum atomic E-state index is 14.7. The Morgan fingerprint density at radius 1 is 1.16 bits per heavy atom. The summed E-state index contributed by atoms with van der Waals surface area (Å²) in [5.74, 6) is 1.25. The lowest BCUT2D eigenvalue weighted by Crippen LogP contribution is -2.13. The zero-order valence-corrected chi connectivity index (χ0v) is 17.6. The number of carboxylic acid groups (broad SMARTS) is 1. The monoisotopic (exact) mass is 422 g/mol. The highest BCUT2D eigenvalue weighted by Crippen LogP contribution is 2.48. The van der Waals surface area contributed by atoms with E-state index < -0.39 is 5.97 Å². The number of ether oxygens (including phenoxy) is 2. The first-order chi connectivity index (χ1) is 15.0. The quantitative estimate of drug-likeness (QED) is 0.566. The van der Waals surface area contributed by atoms with Gasteiger partial charge in [-0.3, -0.25) is 4.79 Å². The van der Waals surface area contributed by atoms with E-state index >= 15 is 0 Å². The Balaban J connectivity index is 1.51.